The average molecular weight is 395 g/mol. The van der Waals surface area contributed by atoms with E-state index in [4.69, 9.17) is 13.9 Å². The van der Waals surface area contributed by atoms with Crippen molar-refractivity contribution in [1.82, 2.24) is 0 Å². The largest absolute Gasteiger partial charge is 0.493 e. The van der Waals surface area contributed by atoms with E-state index in [1.807, 2.05) is 0 Å². The smallest absolute Gasteiger partial charge is 0.337 e. The summed E-state index contributed by atoms with van der Waals surface area (Å²) in [6, 6.07) is 9.35. The Hall–Kier alpha value is -4.07. The van der Waals surface area contributed by atoms with Crippen LogP contribution in [0.3, 0.4) is 0 Å². The van der Waals surface area contributed by atoms with Gasteiger partial charge in [-0.15, -0.1) is 0 Å². The average Bonchev–Trinajstić information content (AvgIpc) is 2.72. The third-order valence-corrected chi connectivity index (χ3v) is 4.13. The van der Waals surface area contributed by atoms with Gasteiger partial charge in [-0.05, 0) is 18.2 Å². The maximum absolute atomic E-state index is 12.4. The first-order valence-electron chi connectivity index (χ1n) is 8.43. The minimum absolute atomic E-state index is 0.0235. The Kier molecular flexibility index (Phi) is 5.64. The number of aromatic carboxylic acids is 1. The van der Waals surface area contributed by atoms with E-state index in [1.54, 1.807) is 24.3 Å². The van der Waals surface area contributed by atoms with Gasteiger partial charge in [0, 0.05) is 18.2 Å². The van der Waals surface area contributed by atoms with Crippen molar-refractivity contribution >= 4 is 34.6 Å². The predicted molar refractivity (Wildman–Crippen MR) is 107 cm³/mol. The number of hydrogen-bond acceptors (Lipinski definition) is 6. The number of ether oxygens (including phenoxy) is 2. The Morgan fingerprint density at radius 1 is 1.10 bits per heavy atom. The number of benzene rings is 2. The van der Waals surface area contributed by atoms with Crippen LogP contribution in [0.4, 0.5) is 5.69 Å². The standard InChI is InChI=1S/C21H17NO7/c1-27-17-9-14(21(25)26)15(10-18(17)28-2)22-19(23)8-7-12-11-29-16-6-4-3-5-13(16)20(12)24/h3-11H,1-2H3,(H,22,23)(H,25,26)/b8-7+. The van der Waals surface area contributed by atoms with Gasteiger partial charge in [0.25, 0.3) is 0 Å². The zero-order chi connectivity index (χ0) is 21.0. The van der Waals surface area contributed by atoms with Crippen LogP contribution in [0.5, 0.6) is 11.5 Å². The van der Waals surface area contributed by atoms with Crippen molar-refractivity contribution in [2.45, 2.75) is 0 Å². The van der Waals surface area contributed by atoms with E-state index < -0.39 is 11.9 Å². The lowest BCUT2D eigenvalue weighted by molar-refractivity contribution is -0.111. The molecule has 29 heavy (non-hydrogen) atoms. The monoisotopic (exact) mass is 395 g/mol. The zero-order valence-electron chi connectivity index (χ0n) is 15.6. The van der Waals surface area contributed by atoms with Crippen LogP contribution in [-0.4, -0.2) is 31.2 Å². The number of amides is 1. The highest BCUT2D eigenvalue weighted by Crippen LogP contribution is 2.33. The lowest BCUT2D eigenvalue weighted by Gasteiger charge is -2.13. The predicted octanol–water partition coefficient (Wildman–Crippen LogP) is 3.16. The van der Waals surface area contributed by atoms with Crippen LogP contribution < -0.4 is 20.2 Å². The molecule has 0 saturated heterocycles. The Bertz CT molecular complexity index is 1180. The van der Waals surface area contributed by atoms with Crippen molar-refractivity contribution in [3.05, 3.63) is 70.1 Å². The number of hydrogen-bond donors (Lipinski definition) is 2. The molecule has 0 saturated carbocycles. The second kappa shape index (κ2) is 8.30. The summed E-state index contributed by atoms with van der Waals surface area (Å²) in [4.78, 5) is 36.2. The fourth-order valence-electron chi connectivity index (χ4n) is 2.71. The third kappa shape index (κ3) is 4.11. The SMILES string of the molecule is COc1cc(NC(=O)/C=C/c2coc3ccccc3c2=O)c(C(=O)O)cc1OC. The first-order chi connectivity index (χ1) is 13.9. The molecule has 2 aromatic carbocycles. The molecule has 148 valence electrons. The molecule has 8 nitrogen and oxygen atoms in total. The summed E-state index contributed by atoms with van der Waals surface area (Å²) in [7, 11) is 2.77. The Labute approximate surface area is 165 Å². The van der Waals surface area contributed by atoms with Crippen LogP contribution in [-0.2, 0) is 4.79 Å². The fourth-order valence-corrected chi connectivity index (χ4v) is 2.71. The molecule has 3 rings (SSSR count). The molecule has 2 N–H and O–H groups in total. The molecule has 0 fully saturated rings. The Morgan fingerprint density at radius 3 is 2.48 bits per heavy atom. The van der Waals surface area contributed by atoms with Crippen LogP contribution in [0.25, 0.3) is 17.0 Å². The summed E-state index contributed by atoms with van der Waals surface area (Å²) in [6.45, 7) is 0. The second-order valence-electron chi connectivity index (χ2n) is 5.90. The molecule has 0 bridgehead atoms. The number of fused-ring (bicyclic) bond motifs is 1. The Balaban J connectivity index is 1.88. The minimum atomic E-state index is -1.25. The molecule has 0 atom stereocenters. The highest BCUT2D eigenvalue weighted by molar-refractivity contribution is 6.06. The number of methoxy groups -OCH3 is 2. The van der Waals surface area contributed by atoms with Gasteiger partial charge < -0.3 is 24.3 Å². The number of rotatable bonds is 6. The van der Waals surface area contributed by atoms with Crippen LogP contribution in [0.15, 0.2) is 57.9 Å². The van der Waals surface area contributed by atoms with Crippen molar-refractivity contribution in [3.63, 3.8) is 0 Å². The first-order valence-corrected chi connectivity index (χ1v) is 8.43. The van der Waals surface area contributed by atoms with Crippen LogP contribution >= 0.6 is 0 Å². The zero-order valence-corrected chi connectivity index (χ0v) is 15.6. The lowest BCUT2D eigenvalue weighted by atomic mass is 10.1. The van der Waals surface area contributed by atoms with E-state index in [9.17, 15) is 19.5 Å². The number of carboxylic acid groups (broad SMARTS) is 1. The van der Waals surface area contributed by atoms with Crippen LogP contribution in [0, 0.1) is 0 Å². The summed E-state index contributed by atoms with van der Waals surface area (Å²) < 4.78 is 15.6. The van der Waals surface area contributed by atoms with E-state index in [2.05, 4.69) is 5.32 Å². The van der Waals surface area contributed by atoms with Gasteiger partial charge >= 0.3 is 5.97 Å². The van der Waals surface area contributed by atoms with Gasteiger partial charge in [-0.3, -0.25) is 9.59 Å². The van der Waals surface area contributed by atoms with E-state index in [0.29, 0.717) is 11.0 Å². The van der Waals surface area contributed by atoms with Crippen molar-refractivity contribution in [3.8, 4) is 11.5 Å². The number of carbonyl (C=O) groups excluding carboxylic acids is 1. The quantitative estimate of drug-likeness (QED) is 0.616. The molecule has 0 aliphatic heterocycles. The molecular weight excluding hydrogens is 378 g/mol. The molecule has 1 amide bonds. The summed E-state index contributed by atoms with van der Waals surface area (Å²) in [5, 5.41) is 12.2. The number of carbonyl (C=O) groups is 2. The molecule has 0 unspecified atom stereocenters. The second-order valence-corrected chi connectivity index (χ2v) is 5.90. The topological polar surface area (TPSA) is 115 Å². The molecule has 0 aliphatic rings. The van der Waals surface area contributed by atoms with Crippen molar-refractivity contribution < 1.29 is 28.6 Å². The molecule has 0 spiro atoms. The summed E-state index contributed by atoms with van der Waals surface area (Å²) in [5.74, 6) is -1.41. The van der Waals surface area contributed by atoms with Gasteiger partial charge in [0.05, 0.1) is 36.4 Å². The van der Waals surface area contributed by atoms with Gasteiger partial charge in [0.2, 0.25) is 5.91 Å². The van der Waals surface area contributed by atoms with Crippen molar-refractivity contribution in [2.24, 2.45) is 0 Å². The highest BCUT2D eigenvalue weighted by atomic mass is 16.5. The summed E-state index contributed by atoms with van der Waals surface area (Å²) in [5.41, 5.74) is 0.193. The number of para-hydroxylation sites is 1. The number of carboxylic acids is 1. The van der Waals surface area contributed by atoms with Crippen molar-refractivity contribution in [1.29, 1.82) is 0 Å². The first kappa shape index (κ1) is 19.7. The van der Waals surface area contributed by atoms with Gasteiger partial charge in [0.1, 0.15) is 11.8 Å². The van der Waals surface area contributed by atoms with E-state index in [-0.39, 0.29) is 33.7 Å². The van der Waals surface area contributed by atoms with E-state index in [1.165, 1.54) is 38.7 Å². The maximum Gasteiger partial charge on any atom is 0.337 e. The molecule has 8 heteroatoms. The highest BCUT2D eigenvalue weighted by Gasteiger charge is 2.17. The molecule has 1 heterocycles. The van der Waals surface area contributed by atoms with Crippen molar-refractivity contribution in [2.75, 3.05) is 19.5 Å². The third-order valence-electron chi connectivity index (χ3n) is 4.13. The molecule has 0 radical (unpaired) electrons. The molecular formula is C21H17NO7. The number of anilines is 1. The van der Waals surface area contributed by atoms with Gasteiger partial charge in [-0.25, -0.2) is 4.79 Å². The maximum atomic E-state index is 12.4. The molecule has 3 aromatic rings. The lowest BCUT2D eigenvalue weighted by Crippen LogP contribution is -2.13. The molecule has 0 aliphatic carbocycles. The fraction of sp³-hybridized carbons (Fsp3) is 0.0952. The van der Waals surface area contributed by atoms with Gasteiger partial charge in [0.15, 0.2) is 16.9 Å². The number of nitrogens with one attached hydrogen (secondary N) is 1. The van der Waals surface area contributed by atoms with E-state index in [0.717, 1.165) is 6.08 Å². The van der Waals surface area contributed by atoms with E-state index >= 15 is 0 Å². The summed E-state index contributed by atoms with van der Waals surface area (Å²) in [6.07, 6.45) is 3.67. The van der Waals surface area contributed by atoms with Gasteiger partial charge in [-0.2, -0.15) is 0 Å². The van der Waals surface area contributed by atoms with Gasteiger partial charge in [-0.1, -0.05) is 12.1 Å². The summed E-state index contributed by atoms with van der Waals surface area (Å²) >= 11 is 0. The van der Waals surface area contributed by atoms with Crippen LogP contribution in [0.2, 0.25) is 0 Å². The Morgan fingerprint density at radius 2 is 1.79 bits per heavy atom. The minimum Gasteiger partial charge on any atom is -0.493 e. The van der Waals surface area contributed by atoms with Crippen LogP contribution in [0.1, 0.15) is 15.9 Å². The normalized spacial score (nSPS) is 10.8. The molecule has 1 aromatic heterocycles.